The van der Waals surface area contributed by atoms with Crippen molar-refractivity contribution in [2.45, 2.75) is 26.1 Å². The summed E-state index contributed by atoms with van der Waals surface area (Å²) in [7, 11) is 0. The van der Waals surface area contributed by atoms with Gasteiger partial charge in [0.25, 0.3) is 0 Å². The van der Waals surface area contributed by atoms with Gasteiger partial charge in [-0.3, -0.25) is 9.48 Å². The van der Waals surface area contributed by atoms with Gasteiger partial charge in [0.1, 0.15) is 6.54 Å². The number of aromatic carboxylic acids is 1. The van der Waals surface area contributed by atoms with E-state index in [9.17, 15) is 9.59 Å². The molecular formula is C11H14N6O3. The number of amides is 1. The highest BCUT2D eigenvalue weighted by molar-refractivity contribution is 5.84. The molecule has 9 nitrogen and oxygen atoms in total. The number of carbonyl (C=O) groups is 2. The Hall–Kier alpha value is -2.71. The van der Waals surface area contributed by atoms with Crippen LogP contribution in [0.2, 0.25) is 0 Å². The van der Waals surface area contributed by atoms with Crippen LogP contribution < -0.4 is 5.32 Å². The number of rotatable bonds is 6. The summed E-state index contributed by atoms with van der Waals surface area (Å²) in [6.45, 7) is 2.32. The normalized spacial score (nSPS) is 12.1. The molecular weight excluding hydrogens is 264 g/mol. The Balaban J connectivity index is 1.83. The van der Waals surface area contributed by atoms with Gasteiger partial charge in [-0.2, -0.15) is 5.10 Å². The second kappa shape index (κ2) is 5.95. The number of carbonyl (C=O) groups excluding carboxylic acids is 1. The fourth-order valence-electron chi connectivity index (χ4n) is 1.68. The number of carboxylic acids is 1. The maximum absolute atomic E-state index is 11.8. The van der Waals surface area contributed by atoms with Crippen molar-refractivity contribution in [1.82, 2.24) is 30.1 Å². The van der Waals surface area contributed by atoms with Crippen molar-refractivity contribution in [2.24, 2.45) is 0 Å². The Morgan fingerprint density at radius 1 is 1.45 bits per heavy atom. The number of aromatic nitrogens is 5. The van der Waals surface area contributed by atoms with Gasteiger partial charge in [-0.1, -0.05) is 5.21 Å². The van der Waals surface area contributed by atoms with Crippen molar-refractivity contribution >= 4 is 11.9 Å². The van der Waals surface area contributed by atoms with Crippen LogP contribution in [0.1, 0.15) is 17.4 Å². The predicted octanol–water partition coefficient (Wildman–Crippen LogP) is -0.622. The molecule has 20 heavy (non-hydrogen) atoms. The molecule has 0 radical (unpaired) electrons. The minimum absolute atomic E-state index is 0.0796. The molecule has 0 aliphatic heterocycles. The summed E-state index contributed by atoms with van der Waals surface area (Å²) < 4.78 is 2.89. The van der Waals surface area contributed by atoms with Crippen LogP contribution in [-0.2, 0) is 17.9 Å². The zero-order chi connectivity index (χ0) is 14.5. The van der Waals surface area contributed by atoms with Crippen LogP contribution in [0, 0.1) is 0 Å². The van der Waals surface area contributed by atoms with E-state index in [4.69, 9.17) is 5.11 Å². The molecule has 2 aromatic rings. The molecule has 1 atom stereocenters. The van der Waals surface area contributed by atoms with Crippen LogP contribution in [0.3, 0.4) is 0 Å². The van der Waals surface area contributed by atoms with E-state index >= 15 is 0 Å². The fraction of sp³-hybridized carbons (Fsp3) is 0.364. The Morgan fingerprint density at radius 3 is 2.85 bits per heavy atom. The Bertz CT molecular complexity index is 591. The second-order valence-electron chi connectivity index (χ2n) is 4.30. The summed E-state index contributed by atoms with van der Waals surface area (Å²) in [6.07, 6.45) is 4.68. The van der Waals surface area contributed by atoms with E-state index in [1.807, 2.05) is 6.92 Å². The van der Waals surface area contributed by atoms with Crippen molar-refractivity contribution in [3.63, 3.8) is 0 Å². The van der Waals surface area contributed by atoms with E-state index in [1.54, 1.807) is 23.1 Å². The molecule has 0 saturated carbocycles. The number of nitrogens with one attached hydrogen (secondary N) is 1. The van der Waals surface area contributed by atoms with Gasteiger partial charge < -0.3 is 10.4 Å². The van der Waals surface area contributed by atoms with Gasteiger partial charge in [0.05, 0.1) is 12.7 Å². The highest BCUT2D eigenvalue weighted by atomic mass is 16.4. The average Bonchev–Trinajstić information content (AvgIpc) is 2.99. The highest BCUT2D eigenvalue weighted by Gasteiger charge is 2.12. The topological polar surface area (TPSA) is 115 Å². The van der Waals surface area contributed by atoms with Crippen LogP contribution in [-0.4, -0.2) is 47.8 Å². The number of carboxylic acid groups (broad SMARTS) is 1. The molecule has 1 amide bonds. The van der Waals surface area contributed by atoms with Crippen LogP contribution in [0.15, 0.2) is 24.7 Å². The lowest BCUT2D eigenvalue weighted by molar-refractivity contribution is -0.122. The number of hydrogen-bond donors (Lipinski definition) is 2. The van der Waals surface area contributed by atoms with Gasteiger partial charge in [-0.05, 0) is 13.0 Å². The molecule has 9 heteroatoms. The van der Waals surface area contributed by atoms with Crippen LogP contribution in [0.4, 0.5) is 0 Å². The third kappa shape index (κ3) is 3.64. The summed E-state index contributed by atoms with van der Waals surface area (Å²) >= 11 is 0. The van der Waals surface area contributed by atoms with Gasteiger partial charge in [0.15, 0.2) is 5.69 Å². The molecule has 0 fully saturated rings. The van der Waals surface area contributed by atoms with E-state index < -0.39 is 5.97 Å². The molecule has 106 valence electrons. The minimum Gasteiger partial charge on any atom is -0.476 e. The lowest BCUT2D eigenvalue weighted by Crippen LogP contribution is -2.37. The molecule has 0 aliphatic rings. The molecule has 0 aromatic carbocycles. The third-order valence-electron chi connectivity index (χ3n) is 2.49. The second-order valence-corrected chi connectivity index (χ2v) is 4.30. The third-order valence-corrected chi connectivity index (χ3v) is 2.49. The lowest BCUT2D eigenvalue weighted by atomic mass is 10.3. The lowest BCUT2D eigenvalue weighted by Gasteiger charge is -2.13. The molecule has 0 bridgehead atoms. The number of nitrogens with zero attached hydrogens (tertiary/aromatic N) is 5. The van der Waals surface area contributed by atoms with Gasteiger partial charge in [0.2, 0.25) is 5.91 Å². The first-order valence-corrected chi connectivity index (χ1v) is 5.95. The van der Waals surface area contributed by atoms with Gasteiger partial charge >= 0.3 is 5.97 Å². The SMILES string of the molecule is CC(Cn1cccn1)NC(=O)Cn1cc(C(=O)O)nn1. The summed E-state index contributed by atoms with van der Waals surface area (Å²) in [4.78, 5) is 22.4. The van der Waals surface area contributed by atoms with Crippen molar-refractivity contribution in [3.05, 3.63) is 30.4 Å². The summed E-state index contributed by atoms with van der Waals surface area (Å²) in [5, 5.41) is 22.5. The predicted molar refractivity (Wildman–Crippen MR) is 66.8 cm³/mol. The smallest absolute Gasteiger partial charge is 0.358 e. The largest absolute Gasteiger partial charge is 0.476 e. The maximum atomic E-state index is 11.8. The molecule has 2 heterocycles. The quantitative estimate of drug-likeness (QED) is 0.727. The Kier molecular flexibility index (Phi) is 4.08. The van der Waals surface area contributed by atoms with E-state index in [-0.39, 0.29) is 24.2 Å². The molecule has 0 aliphatic carbocycles. The fourth-order valence-corrected chi connectivity index (χ4v) is 1.68. The van der Waals surface area contributed by atoms with Crippen molar-refractivity contribution in [3.8, 4) is 0 Å². The number of hydrogen-bond acceptors (Lipinski definition) is 5. The van der Waals surface area contributed by atoms with Gasteiger partial charge in [-0.25, -0.2) is 9.48 Å². The zero-order valence-electron chi connectivity index (χ0n) is 10.8. The van der Waals surface area contributed by atoms with Crippen molar-refractivity contribution < 1.29 is 14.7 Å². The Morgan fingerprint density at radius 2 is 2.25 bits per heavy atom. The summed E-state index contributed by atoms with van der Waals surface area (Å²) in [5.41, 5.74) is -0.192. The maximum Gasteiger partial charge on any atom is 0.358 e. The van der Waals surface area contributed by atoms with Gasteiger partial charge in [-0.15, -0.1) is 5.10 Å². The zero-order valence-corrected chi connectivity index (χ0v) is 10.8. The standard InChI is InChI=1S/C11H14N6O3/c1-8(5-16-4-2-3-12-16)13-10(18)7-17-6-9(11(19)20)14-15-17/h2-4,6,8H,5,7H2,1H3,(H,13,18)(H,19,20). The molecule has 0 saturated heterocycles. The Labute approximate surface area is 114 Å². The van der Waals surface area contributed by atoms with Crippen LogP contribution in [0.5, 0.6) is 0 Å². The van der Waals surface area contributed by atoms with Crippen LogP contribution >= 0.6 is 0 Å². The first-order valence-electron chi connectivity index (χ1n) is 5.95. The first-order chi connectivity index (χ1) is 9.54. The van der Waals surface area contributed by atoms with E-state index in [0.29, 0.717) is 6.54 Å². The molecule has 2 rings (SSSR count). The van der Waals surface area contributed by atoms with Crippen molar-refractivity contribution in [1.29, 1.82) is 0 Å². The van der Waals surface area contributed by atoms with E-state index in [2.05, 4.69) is 20.7 Å². The van der Waals surface area contributed by atoms with Gasteiger partial charge in [0, 0.05) is 18.4 Å². The van der Waals surface area contributed by atoms with Crippen molar-refractivity contribution in [2.75, 3.05) is 0 Å². The van der Waals surface area contributed by atoms with E-state index in [0.717, 1.165) is 0 Å². The minimum atomic E-state index is -1.18. The highest BCUT2D eigenvalue weighted by Crippen LogP contribution is 1.94. The molecule has 0 spiro atoms. The first kappa shape index (κ1) is 13.7. The van der Waals surface area contributed by atoms with E-state index in [1.165, 1.54) is 10.9 Å². The van der Waals surface area contributed by atoms with Crippen LogP contribution in [0.25, 0.3) is 0 Å². The molecule has 2 aromatic heterocycles. The summed E-state index contributed by atoms with van der Waals surface area (Å²) in [6, 6.07) is 1.70. The monoisotopic (exact) mass is 278 g/mol. The average molecular weight is 278 g/mol. The molecule has 2 N–H and O–H groups in total. The molecule has 1 unspecified atom stereocenters. The summed E-state index contributed by atoms with van der Waals surface area (Å²) in [5.74, 6) is -1.45.